The molecule has 1 N–H and O–H groups in total. The second kappa shape index (κ2) is 10.4. The number of aliphatic hydroxyl groups is 1. The van der Waals surface area contributed by atoms with Gasteiger partial charge < -0.3 is 24.4 Å². The minimum absolute atomic E-state index is 0.0583. The van der Waals surface area contributed by atoms with E-state index in [-0.39, 0.29) is 17.4 Å². The number of amides is 1. The standard InChI is InChI=1S/C28H32N2O5/c1-5-14-34-22-9-6-8-19(17-22)25-24(27(32)28(33)30(25)13-7-12-29(3)4)26(31)20-10-11-23-21(16-20)15-18(2)35-23/h5-6,8-11,16-18,25,31H,1,7,12-15H2,2-4H3/t18-,25+/m0/s1. The lowest BCUT2D eigenvalue weighted by molar-refractivity contribution is -0.139. The summed E-state index contributed by atoms with van der Waals surface area (Å²) in [5.41, 5.74) is 2.26. The zero-order valence-electron chi connectivity index (χ0n) is 20.5. The topological polar surface area (TPSA) is 79.3 Å². The van der Waals surface area contributed by atoms with Crippen molar-refractivity contribution in [3.63, 3.8) is 0 Å². The summed E-state index contributed by atoms with van der Waals surface area (Å²) in [6.07, 6.45) is 3.12. The molecule has 7 heteroatoms. The molecule has 0 spiro atoms. The Bertz CT molecular complexity index is 1170. The lowest BCUT2D eigenvalue weighted by Crippen LogP contribution is -2.32. The smallest absolute Gasteiger partial charge is 0.295 e. The van der Waals surface area contributed by atoms with Gasteiger partial charge in [0.25, 0.3) is 11.7 Å². The summed E-state index contributed by atoms with van der Waals surface area (Å²) < 4.78 is 11.5. The number of carbonyl (C=O) groups is 2. The van der Waals surface area contributed by atoms with Gasteiger partial charge in [0, 0.05) is 18.5 Å². The summed E-state index contributed by atoms with van der Waals surface area (Å²) in [5.74, 6) is -0.0827. The van der Waals surface area contributed by atoms with Crippen LogP contribution in [-0.4, -0.2) is 66.5 Å². The van der Waals surface area contributed by atoms with Crippen LogP contribution in [0.25, 0.3) is 5.76 Å². The Balaban J connectivity index is 1.78. The Morgan fingerprint density at radius 1 is 1.26 bits per heavy atom. The molecule has 0 unspecified atom stereocenters. The molecule has 35 heavy (non-hydrogen) atoms. The SMILES string of the molecule is C=CCOc1cccc([C@@H]2C(=C(O)c3ccc4c(c3)C[C@H](C)O4)C(=O)C(=O)N2CCCN(C)C)c1. The number of rotatable bonds is 9. The average molecular weight is 477 g/mol. The van der Waals surface area contributed by atoms with Crippen molar-refractivity contribution < 1.29 is 24.2 Å². The molecule has 2 atom stereocenters. The van der Waals surface area contributed by atoms with Crippen molar-refractivity contribution >= 4 is 17.4 Å². The minimum Gasteiger partial charge on any atom is -0.507 e. The summed E-state index contributed by atoms with van der Waals surface area (Å²) in [5, 5.41) is 11.4. The Kier molecular flexibility index (Phi) is 7.26. The van der Waals surface area contributed by atoms with Crippen molar-refractivity contribution in [1.82, 2.24) is 9.80 Å². The number of aliphatic hydroxyl groups excluding tert-OH is 1. The molecule has 1 amide bonds. The number of nitrogens with zero attached hydrogens (tertiary/aromatic N) is 2. The van der Waals surface area contributed by atoms with Crippen molar-refractivity contribution in [3.8, 4) is 11.5 Å². The van der Waals surface area contributed by atoms with E-state index in [0.717, 1.165) is 24.3 Å². The summed E-state index contributed by atoms with van der Waals surface area (Å²) in [6.45, 7) is 7.15. The molecule has 2 heterocycles. The molecule has 2 aliphatic rings. The molecule has 0 saturated carbocycles. The largest absolute Gasteiger partial charge is 0.507 e. The first-order valence-corrected chi connectivity index (χ1v) is 11.9. The van der Waals surface area contributed by atoms with E-state index in [4.69, 9.17) is 9.47 Å². The van der Waals surface area contributed by atoms with Crippen LogP contribution in [0.4, 0.5) is 0 Å². The van der Waals surface area contributed by atoms with Gasteiger partial charge in [-0.05, 0) is 75.4 Å². The molecular weight excluding hydrogens is 444 g/mol. The number of benzene rings is 2. The minimum atomic E-state index is -0.715. The molecule has 0 radical (unpaired) electrons. The maximum absolute atomic E-state index is 13.3. The van der Waals surface area contributed by atoms with Gasteiger partial charge in [0.05, 0.1) is 11.6 Å². The van der Waals surface area contributed by atoms with Crippen molar-refractivity contribution in [2.24, 2.45) is 0 Å². The number of Topliss-reactive ketones (excluding diaryl/α,β-unsaturated/α-hetero) is 1. The Labute approximate surface area is 206 Å². The highest BCUT2D eigenvalue weighted by Gasteiger charge is 2.46. The van der Waals surface area contributed by atoms with Gasteiger partial charge in [-0.3, -0.25) is 9.59 Å². The first-order valence-electron chi connectivity index (χ1n) is 11.9. The molecule has 1 saturated heterocycles. The number of likely N-dealkylation sites (tertiary alicyclic amines) is 1. The lowest BCUT2D eigenvalue weighted by atomic mass is 9.94. The van der Waals surface area contributed by atoms with Gasteiger partial charge in [0.2, 0.25) is 0 Å². The van der Waals surface area contributed by atoms with E-state index in [1.165, 1.54) is 0 Å². The second-order valence-electron chi connectivity index (χ2n) is 9.28. The first kappa shape index (κ1) is 24.5. The molecule has 2 aromatic rings. The van der Waals surface area contributed by atoms with Crippen molar-refractivity contribution in [3.05, 3.63) is 77.4 Å². The van der Waals surface area contributed by atoms with E-state index >= 15 is 0 Å². The summed E-state index contributed by atoms with van der Waals surface area (Å²) >= 11 is 0. The third-order valence-corrected chi connectivity index (χ3v) is 6.26. The molecular formula is C28H32N2O5. The molecule has 7 nitrogen and oxygen atoms in total. The van der Waals surface area contributed by atoms with Crippen LogP contribution in [0.15, 0.2) is 60.7 Å². The van der Waals surface area contributed by atoms with Gasteiger partial charge >= 0.3 is 0 Å². The van der Waals surface area contributed by atoms with E-state index in [1.807, 2.05) is 56.3 Å². The third-order valence-electron chi connectivity index (χ3n) is 6.26. The van der Waals surface area contributed by atoms with Crippen LogP contribution in [-0.2, 0) is 16.0 Å². The van der Waals surface area contributed by atoms with Gasteiger partial charge in [-0.25, -0.2) is 0 Å². The van der Waals surface area contributed by atoms with E-state index in [1.54, 1.807) is 23.1 Å². The highest BCUT2D eigenvalue weighted by molar-refractivity contribution is 6.46. The molecule has 4 rings (SSSR count). The van der Waals surface area contributed by atoms with Crippen LogP contribution in [0.1, 0.15) is 36.1 Å². The fourth-order valence-corrected chi connectivity index (χ4v) is 4.67. The zero-order valence-corrected chi connectivity index (χ0v) is 20.5. The Hall–Kier alpha value is -3.58. The number of fused-ring (bicyclic) bond motifs is 1. The van der Waals surface area contributed by atoms with Crippen molar-refractivity contribution in [1.29, 1.82) is 0 Å². The van der Waals surface area contributed by atoms with Crippen LogP contribution < -0.4 is 9.47 Å². The molecule has 0 bridgehead atoms. The van der Waals surface area contributed by atoms with Crippen LogP contribution in [0, 0.1) is 0 Å². The molecule has 2 aromatic carbocycles. The second-order valence-corrected chi connectivity index (χ2v) is 9.28. The number of carbonyl (C=O) groups excluding carboxylic acids is 2. The summed E-state index contributed by atoms with van der Waals surface area (Å²) in [6, 6.07) is 12.0. The van der Waals surface area contributed by atoms with Crippen LogP contribution in [0.5, 0.6) is 11.5 Å². The first-order chi connectivity index (χ1) is 16.8. The fraction of sp³-hybridized carbons (Fsp3) is 0.357. The fourth-order valence-electron chi connectivity index (χ4n) is 4.67. The maximum Gasteiger partial charge on any atom is 0.295 e. The normalized spacial score (nSPS) is 20.7. The van der Waals surface area contributed by atoms with E-state index < -0.39 is 17.7 Å². The monoisotopic (exact) mass is 476 g/mol. The average Bonchev–Trinajstić information content (AvgIpc) is 3.33. The predicted molar refractivity (Wildman–Crippen MR) is 135 cm³/mol. The van der Waals surface area contributed by atoms with Crippen LogP contribution in [0.2, 0.25) is 0 Å². The number of hydrogen-bond acceptors (Lipinski definition) is 6. The molecule has 0 aliphatic carbocycles. The summed E-state index contributed by atoms with van der Waals surface area (Å²) in [7, 11) is 3.93. The molecule has 1 fully saturated rings. The predicted octanol–water partition coefficient (Wildman–Crippen LogP) is 3.95. The molecule has 0 aromatic heterocycles. The van der Waals surface area contributed by atoms with E-state index in [0.29, 0.717) is 36.4 Å². The number of ketones is 1. The number of ether oxygens (including phenoxy) is 2. The van der Waals surface area contributed by atoms with E-state index in [9.17, 15) is 14.7 Å². The zero-order chi connectivity index (χ0) is 25.1. The van der Waals surface area contributed by atoms with Gasteiger partial charge in [-0.15, -0.1) is 0 Å². The molecule has 184 valence electrons. The Morgan fingerprint density at radius 2 is 2.06 bits per heavy atom. The van der Waals surface area contributed by atoms with Gasteiger partial charge in [-0.1, -0.05) is 24.8 Å². The lowest BCUT2D eigenvalue weighted by Gasteiger charge is -2.26. The van der Waals surface area contributed by atoms with Crippen molar-refractivity contribution in [2.75, 3.05) is 33.8 Å². The van der Waals surface area contributed by atoms with Gasteiger partial charge in [0.15, 0.2) is 0 Å². The third kappa shape index (κ3) is 5.10. The van der Waals surface area contributed by atoms with Crippen LogP contribution in [0.3, 0.4) is 0 Å². The maximum atomic E-state index is 13.3. The highest BCUT2D eigenvalue weighted by Crippen LogP contribution is 2.41. The van der Waals surface area contributed by atoms with Crippen LogP contribution >= 0.6 is 0 Å². The Morgan fingerprint density at radius 3 is 2.80 bits per heavy atom. The van der Waals surface area contributed by atoms with Gasteiger partial charge in [0.1, 0.15) is 30.0 Å². The van der Waals surface area contributed by atoms with Crippen molar-refractivity contribution in [2.45, 2.75) is 31.9 Å². The number of hydrogen-bond donors (Lipinski definition) is 1. The molecule has 2 aliphatic heterocycles. The van der Waals surface area contributed by atoms with E-state index in [2.05, 4.69) is 6.58 Å². The van der Waals surface area contributed by atoms with Gasteiger partial charge in [-0.2, -0.15) is 0 Å². The summed E-state index contributed by atoms with van der Waals surface area (Å²) in [4.78, 5) is 30.0. The highest BCUT2D eigenvalue weighted by atomic mass is 16.5. The quantitative estimate of drug-likeness (QED) is 0.256.